The van der Waals surface area contributed by atoms with Crippen LogP contribution in [0.25, 0.3) is 0 Å². The van der Waals surface area contributed by atoms with Gasteiger partial charge in [0.1, 0.15) is 0 Å². The maximum atomic E-state index is 6.06. The molecule has 0 aliphatic rings. The van der Waals surface area contributed by atoms with Crippen LogP contribution in [0.2, 0.25) is 0 Å². The van der Waals surface area contributed by atoms with Crippen molar-refractivity contribution in [3.8, 4) is 0 Å². The average molecular weight is 178 g/mol. The van der Waals surface area contributed by atoms with Crippen LogP contribution in [0.5, 0.6) is 0 Å². The van der Waals surface area contributed by atoms with Gasteiger partial charge in [-0.05, 0) is 12.3 Å². The molecular formula is C9H20ClN. The highest BCUT2D eigenvalue weighted by Gasteiger charge is 2.06. The first-order valence-corrected chi connectivity index (χ1v) is 4.83. The molecule has 0 saturated heterocycles. The van der Waals surface area contributed by atoms with Gasteiger partial charge in [-0.15, -0.1) is 11.6 Å². The van der Waals surface area contributed by atoms with Crippen molar-refractivity contribution >= 4 is 11.6 Å². The largest absolute Gasteiger partial charge is 0.313 e. The molecule has 0 fully saturated rings. The highest BCUT2D eigenvalue weighted by Crippen LogP contribution is 2.09. The van der Waals surface area contributed by atoms with Crippen LogP contribution < -0.4 is 5.32 Å². The summed E-state index contributed by atoms with van der Waals surface area (Å²) in [6.07, 6.45) is 1.10. The average Bonchev–Trinajstić information content (AvgIpc) is 1.82. The van der Waals surface area contributed by atoms with E-state index in [1.165, 1.54) is 0 Å². The highest BCUT2D eigenvalue weighted by atomic mass is 35.5. The van der Waals surface area contributed by atoms with Gasteiger partial charge in [0.2, 0.25) is 0 Å². The molecule has 68 valence electrons. The third-order valence-electron chi connectivity index (χ3n) is 1.47. The number of rotatable bonds is 5. The minimum atomic E-state index is 0.289. The van der Waals surface area contributed by atoms with Crippen LogP contribution in [-0.2, 0) is 0 Å². The Balaban J connectivity index is 3.29. The van der Waals surface area contributed by atoms with Gasteiger partial charge < -0.3 is 5.32 Å². The summed E-state index contributed by atoms with van der Waals surface area (Å²) in [5.74, 6) is 0.700. The molecule has 0 saturated carbocycles. The second-order valence-electron chi connectivity index (χ2n) is 3.79. The summed E-state index contributed by atoms with van der Waals surface area (Å²) in [5, 5.41) is 3.61. The van der Waals surface area contributed by atoms with E-state index >= 15 is 0 Å². The van der Waals surface area contributed by atoms with Crippen molar-refractivity contribution in [1.29, 1.82) is 0 Å². The lowest BCUT2D eigenvalue weighted by Gasteiger charge is -2.14. The Labute approximate surface area is 75.5 Å². The summed E-state index contributed by atoms with van der Waals surface area (Å²) in [7, 11) is 0. The zero-order valence-corrected chi connectivity index (χ0v) is 8.78. The van der Waals surface area contributed by atoms with E-state index in [2.05, 4.69) is 33.0 Å². The van der Waals surface area contributed by atoms with E-state index < -0.39 is 0 Å². The topological polar surface area (TPSA) is 12.0 Å². The number of hydrogen-bond donors (Lipinski definition) is 1. The highest BCUT2D eigenvalue weighted by molar-refractivity contribution is 6.20. The van der Waals surface area contributed by atoms with E-state index in [0.29, 0.717) is 12.0 Å². The van der Waals surface area contributed by atoms with Crippen molar-refractivity contribution in [2.24, 2.45) is 5.92 Å². The SMILES string of the molecule is CC(C)CC(Cl)CNC(C)C. The second-order valence-corrected chi connectivity index (χ2v) is 4.41. The summed E-state index contributed by atoms with van der Waals surface area (Å²) < 4.78 is 0. The Hall–Kier alpha value is 0.250. The maximum absolute atomic E-state index is 6.06. The Kier molecular flexibility index (Phi) is 5.98. The van der Waals surface area contributed by atoms with Gasteiger partial charge in [-0.2, -0.15) is 0 Å². The van der Waals surface area contributed by atoms with Crippen LogP contribution in [-0.4, -0.2) is 18.0 Å². The van der Waals surface area contributed by atoms with Crippen molar-refractivity contribution < 1.29 is 0 Å². The van der Waals surface area contributed by atoms with Crippen LogP contribution >= 0.6 is 11.6 Å². The van der Waals surface area contributed by atoms with Crippen molar-refractivity contribution in [2.75, 3.05) is 6.54 Å². The molecule has 0 heterocycles. The molecule has 0 aromatic rings. The quantitative estimate of drug-likeness (QED) is 0.637. The predicted molar refractivity (Wildman–Crippen MR) is 52.2 cm³/mol. The normalized spacial score (nSPS) is 14.5. The summed E-state index contributed by atoms with van der Waals surface area (Å²) in [5.41, 5.74) is 0. The molecule has 0 radical (unpaired) electrons. The molecule has 0 aliphatic heterocycles. The lowest BCUT2D eigenvalue weighted by Crippen LogP contribution is -2.29. The zero-order chi connectivity index (χ0) is 8.85. The van der Waals surface area contributed by atoms with Crippen LogP contribution in [0, 0.1) is 5.92 Å². The van der Waals surface area contributed by atoms with Gasteiger partial charge in [-0.3, -0.25) is 0 Å². The molecule has 0 spiro atoms. The number of halogens is 1. The number of alkyl halides is 1. The molecule has 1 unspecified atom stereocenters. The predicted octanol–water partition coefficient (Wildman–Crippen LogP) is 2.64. The molecule has 1 N–H and O–H groups in total. The monoisotopic (exact) mass is 177 g/mol. The van der Waals surface area contributed by atoms with E-state index in [1.54, 1.807) is 0 Å². The summed E-state index contributed by atoms with van der Waals surface area (Å²) in [6.45, 7) is 9.60. The molecule has 0 aromatic heterocycles. The van der Waals surface area contributed by atoms with Crippen LogP contribution in [0.3, 0.4) is 0 Å². The van der Waals surface area contributed by atoms with Crippen LogP contribution in [0.1, 0.15) is 34.1 Å². The lowest BCUT2D eigenvalue weighted by molar-refractivity contribution is 0.509. The van der Waals surface area contributed by atoms with Crippen LogP contribution in [0.15, 0.2) is 0 Å². The Morgan fingerprint density at radius 1 is 1.18 bits per heavy atom. The third-order valence-corrected chi connectivity index (χ3v) is 1.81. The van der Waals surface area contributed by atoms with Gasteiger partial charge in [0.05, 0.1) is 0 Å². The van der Waals surface area contributed by atoms with Gasteiger partial charge in [0.15, 0.2) is 0 Å². The third kappa shape index (κ3) is 8.15. The Bertz CT molecular complexity index is 91.6. The van der Waals surface area contributed by atoms with Crippen molar-refractivity contribution in [3.05, 3.63) is 0 Å². The molecule has 0 amide bonds. The molecule has 0 bridgehead atoms. The first-order valence-electron chi connectivity index (χ1n) is 4.39. The van der Waals surface area contributed by atoms with Gasteiger partial charge in [0.25, 0.3) is 0 Å². The summed E-state index contributed by atoms with van der Waals surface area (Å²) in [6, 6.07) is 0.545. The molecule has 0 aliphatic carbocycles. The molecule has 1 atom stereocenters. The second kappa shape index (κ2) is 5.84. The molecular weight excluding hydrogens is 158 g/mol. The van der Waals surface area contributed by atoms with Crippen molar-refractivity contribution in [3.63, 3.8) is 0 Å². The Morgan fingerprint density at radius 3 is 2.09 bits per heavy atom. The van der Waals surface area contributed by atoms with Gasteiger partial charge >= 0.3 is 0 Å². The number of hydrogen-bond acceptors (Lipinski definition) is 1. The van der Waals surface area contributed by atoms with Gasteiger partial charge in [-0.25, -0.2) is 0 Å². The lowest BCUT2D eigenvalue weighted by atomic mass is 10.1. The summed E-state index contributed by atoms with van der Waals surface area (Å²) >= 11 is 6.06. The standard InChI is InChI=1S/C9H20ClN/c1-7(2)5-9(10)6-11-8(3)4/h7-9,11H,5-6H2,1-4H3. The van der Waals surface area contributed by atoms with E-state index in [1.807, 2.05) is 0 Å². The summed E-state index contributed by atoms with van der Waals surface area (Å²) in [4.78, 5) is 0. The minimum absolute atomic E-state index is 0.289. The molecule has 0 rings (SSSR count). The number of nitrogens with one attached hydrogen (secondary N) is 1. The van der Waals surface area contributed by atoms with E-state index in [9.17, 15) is 0 Å². The van der Waals surface area contributed by atoms with Crippen LogP contribution in [0.4, 0.5) is 0 Å². The fraction of sp³-hybridized carbons (Fsp3) is 1.00. The fourth-order valence-electron chi connectivity index (χ4n) is 0.958. The maximum Gasteiger partial charge on any atom is 0.0463 e. The van der Waals surface area contributed by atoms with Crippen molar-refractivity contribution in [1.82, 2.24) is 5.32 Å². The fourth-order valence-corrected chi connectivity index (χ4v) is 1.40. The van der Waals surface area contributed by atoms with Crippen molar-refractivity contribution in [2.45, 2.75) is 45.5 Å². The van der Waals surface area contributed by atoms with Gasteiger partial charge in [0, 0.05) is 18.0 Å². The first-order chi connectivity index (χ1) is 5.02. The van der Waals surface area contributed by atoms with E-state index in [4.69, 9.17) is 11.6 Å². The first kappa shape index (κ1) is 11.2. The van der Waals surface area contributed by atoms with E-state index in [0.717, 1.165) is 13.0 Å². The minimum Gasteiger partial charge on any atom is -0.313 e. The van der Waals surface area contributed by atoms with Gasteiger partial charge in [-0.1, -0.05) is 27.7 Å². The molecule has 11 heavy (non-hydrogen) atoms. The Morgan fingerprint density at radius 2 is 1.73 bits per heavy atom. The molecule has 2 heteroatoms. The smallest absolute Gasteiger partial charge is 0.0463 e. The van der Waals surface area contributed by atoms with E-state index in [-0.39, 0.29) is 5.38 Å². The zero-order valence-electron chi connectivity index (χ0n) is 8.02. The molecule has 1 nitrogen and oxygen atoms in total. The molecule has 0 aromatic carbocycles.